The summed E-state index contributed by atoms with van der Waals surface area (Å²) in [5, 5.41) is 9.70. The van der Waals surface area contributed by atoms with Crippen LogP contribution < -0.4 is 4.74 Å². The minimum Gasteiger partial charge on any atom is -0.490 e. The van der Waals surface area contributed by atoms with Crippen molar-refractivity contribution in [1.29, 1.82) is 0 Å². The van der Waals surface area contributed by atoms with Gasteiger partial charge in [-0.05, 0) is 50.2 Å². The Labute approximate surface area is 168 Å². The average Bonchev–Trinajstić information content (AvgIpc) is 3.37. The van der Waals surface area contributed by atoms with Crippen LogP contribution in [-0.4, -0.2) is 45.1 Å². The summed E-state index contributed by atoms with van der Waals surface area (Å²) in [5.74, 6) is 1.55. The van der Waals surface area contributed by atoms with Crippen molar-refractivity contribution in [2.24, 2.45) is 0 Å². The first-order valence-electron chi connectivity index (χ1n) is 9.53. The fourth-order valence-corrected chi connectivity index (χ4v) is 4.11. The van der Waals surface area contributed by atoms with Crippen molar-refractivity contribution in [2.45, 2.75) is 24.5 Å². The molecule has 2 aromatic carbocycles. The molecule has 0 atom stereocenters. The minimum atomic E-state index is -0.340. The van der Waals surface area contributed by atoms with E-state index in [0.717, 1.165) is 36.3 Å². The highest BCUT2D eigenvalue weighted by Gasteiger charge is 2.19. The second-order valence-corrected chi connectivity index (χ2v) is 7.74. The number of likely N-dealkylation sites (tertiary alicyclic amines) is 1. The van der Waals surface area contributed by atoms with Crippen LogP contribution in [0.2, 0.25) is 0 Å². The Morgan fingerprint density at radius 3 is 2.50 bits per heavy atom. The van der Waals surface area contributed by atoms with Gasteiger partial charge in [-0.2, -0.15) is 0 Å². The molecule has 1 fully saturated rings. The minimum absolute atomic E-state index is 0.280. The number of para-hydroxylation sites is 2. The highest BCUT2D eigenvalue weighted by molar-refractivity contribution is 7.99. The third-order valence-corrected chi connectivity index (χ3v) is 5.58. The van der Waals surface area contributed by atoms with Crippen molar-refractivity contribution in [3.63, 3.8) is 0 Å². The second kappa shape index (κ2) is 9.21. The normalized spacial score (nSPS) is 14.5. The van der Waals surface area contributed by atoms with Gasteiger partial charge in [-0.3, -0.25) is 9.47 Å². The molecule has 5 nitrogen and oxygen atoms in total. The smallest absolute Gasteiger partial charge is 0.195 e. The lowest BCUT2D eigenvalue weighted by Gasteiger charge is -2.16. The van der Waals surface area contributed by atoms with E-state index in [4.69, 9.17) is 4.74 Å². The molecule has 0 bridgehead atoms. The molecule has 7 heteroatoms. The van der Waals surface area contributed by atoms with Crippen LogP contribution >= 0.6 is 11.8 Å². The molecule has 0 aliphatic carbocycles. The van der Waals surface area contributed by atoms with Gasteiger partial charge < -0.3 is 4.74 Å². The van der Waals surface area contributed by atoms with Gasteiger partial charge in [-0.15, -0.1) is 10.2 Å². The van der Waals surface area contributed by atoms with Crippen LogP contribution in [0.4, 0.5) is 4.39 Å². The number of halogens is 1. The van der Waals surface area contributed by atoms with Crippen molar-refractivity contribution >= 4 is 11.8 Å². The van der Waals surface area contributed by atoms with Crippen LogP contribution in [0, 0.1) is 5.82 Å². The Bertz CT molecular complexity index is 896. The summed E-state index contributed by atoms with van der Waals surface area (Å²) < 4.78 is 21.3. The van der Waals surface area contributed by atoms with Crippen LogP contribution in [0.3, 0.4) is 0 Å². The van der Waals surface area contributed by atoms with Crippen molar-refractivity contribution in [3.05, 3.63) is 66.2 Å². The first-order valence-corrected chi connectivity index (χ1v) is 10.5. The van der Waals surface area contributed by atoms with E-state index in [1.54, 1.807) is 30.0 Å². The molecule has 1 aliphatic heterocycles. The number of thioether (sulfide) groups is 1. The van der Waals surface area contributed by atoms with E-state index in [1.165, 1.54) is 18.9 Å². The topological polar surface area (TPSA) is 43.2 Å². The van der Waals surface area contributed by atoms with Crippen LogP contribution in [-0.2, 0) is 6.54 Å². The molecule has 0 amide bonds. The van der Waals surface area contributed by atoms with Crippen molar-refractivity contribution in [2.75, 3.05) is 25.4 Å². The van der Waals surface area contributed by atoms with E-state index >= 15 is 0 Å². The molecule has 2 heterocycles. The fraction of sp³-hybridized carbons (Fsp3) is 0.333. The van der Waals surface area contributed by atoms with Crippen molar-refractivity contribution in [1.82, 2.24) is 19.7 Å². The fourth-order valence-electron chi connectivity index (χ4n) is 3.32. The largest absolute Gasteiger partial charge is 0.490 e. The van der Waals surface area contributed by atoms with E-state index < -0.39 is 0 Å². The zero-order valence-corrected chi connectivity index (χ0v) is 16.4. The van der Waals surface area contributed by atoms with E-state index in [1.807, 2.05) is 18.2 Å². The van der Waals surface area contributed by atoms with E-state index in [9.17, 15) is 4.39 Å². The molecule has 0 N–H and O–H groups in total. The molecular formula is C21H23FN4OS. The third kappa shape index (κ3) is 4.54. The van der Waals surface area contributed by atoms with Gasteiger partial charge in [0.1, 0.15) is 0 Å². The summed E-state index contributed by atoms with van der Waals surface area (Å²) in [7, 11) is 0. The first-order chi connectivity index (χ1) is 13.8. The zero-order valence-electron chi connectivity index (χ0n) is 15.6. The molecule has 3 aromatic rings. The lowest BCUT2D eigenvalue weighted by atomic mass is 10.3. The van der Waals surface area contributed by atoms with Gasteiger partial charge in [-0.1, -0.05) is 42.1 Å². The van der Waals surface area contributed by atoms with Gasteiger partial charge in [0, 0.05) is 11.4 Å². The molecule has 0 spiro atoms. The summed E-state index contributed by atoms with van der Waals surface area (Å²) in [6.45, 7) is 3.42. The van der Waals surface area contributed by atoms with E-state index in [2.05, 4.69) is 31.8 Å². The number of hydrogen-bond donors (Lipinski definition) is 0. The molecule has 0 unspecified atom stereocenters. The predicted molar refractivity (Wildman–Crippen MR) is 108 cm³/mol. The molecule has 0 radical (unpaired) electrons. The summed E-state index contributed by atoms with van der Waals surface area (Å²) in [6.07, 6.45) is 2.49. The van der Waals surface area contributed by atoms with Gasteiger partial charge >= 0.3 is 0 Å². The molecule has 146 valence electrons. The quantitative estimate of drug-likeness (QED) is 0.421. The Kier molecular flexibility index (Phi) is 6.24. The highest BCUT2D eigenvalue weighted by atomic mass is 32.2. The van der Waals surface area contributed by atoms with Gasteiger partial charge in [0.2, 0.25) is 0 Å². The molecule has 4 rings (SSSR count). The number of rotatable bonds is 8. The van der Waals surface area contributed by atoms with Gasteiger partial charge in [-0.25, -0.2) is 4.39 Å². The van der Waals surface area contributed by atoms with Crippen molar-refractivity contribution < 1.29 is 9.13 Å². The molecule has 1 aromatic heterocycles. The summed E-state index contributed by atoms with van der Waals surface area (Å²) in [6, 6.07) is 16.6. The lowest BCUT2D eigenvalue weighted by molar-refractivity contribution is 0.319. The summed E-state index contributed by atoms with van der Waals surface area (Å²) in [5.41, 5.74) is 1.05. The summed E-state index contributed by atoms with van der Waals surface area (Å²) in [4.78, 5) is 2.42. The predicted octanol–water partition coefficient (Wildman–Crippen LogP) is 4.17. The molecule has 28 heavy (non-hydrogen) atoms. The first kappa shape index (κ1) is 19.0. The molecular weight excluding hydrogens is 375 g/mol. The van der Waals surface area contributed by atoms with Crippen LogP contribution in [0.15, 0.2) is 59.8 Å². The number of benzene rings is 2. The maximum Gasteiger partial charge on any atom is 0.195 e. The van der Waals surface area contributed by atoms with Gasteiger partial charge in [0.05, 0.1) is 13.2 Å². The summed E-state index contributed by atoms with van der Waals surface area (Å²) >= 11 is 1.57. The van der Waals surface area contributed by atoms with E-state index in [0.29, 0.717) is 12.4 Å². The SMILES string of the molecule is Fc1ccccc1OCCSc1nnc(CN2CCCC2)n1-c1ccccc1. The zero-order chi connectivity index (χ0) is 19.2. The third-order valence-electron chi connectivity index (χ3n) is 4.69. The van der Waals surface area contributed by atoms with Crippen molar-refractivity contribution in [3.8, 4) is 11.4 Å². The Balaban J connectivity index is 1.45. The molecule has 1 saturated heterocycles. The maximum atomic E-state index is 13.7. The molecule has 1 aliphatic rings. The maximum absolute atomic E-state index is 13.7. The average molecular weight is 399 g/mol. The van der Waals surface area contributed by atoms with Crippen LogP contribution in [0.25, 0.3) is 5.69 Å². The van der Waals surface area contributed by atoms with Gasteiger partial charge in [0.15, 0.2) is 22.5 Å². The monoisotopic (exact) mass is 398 g/mol. The Hall–Kier alpha value is -2.38. The van der Waals surface area contributed by atoms with Gasteiger partial charge in [0.25, 0.3) is 0 Å². The van der Waals surface area contributed by atoms with Crippen LogP contribution in [0.5, 0.6) is 5.75 Å². The highest BCUT2D eigenvalue weighted by Crippen LogP contribution is 2.24. The van der Waals surface area contributed by atoms with E-state index in [-0.39, 0.29) is 11.6 Å². The number of aromatic nitrogens is 3. The van der Waals surface area contributed by atoms with Crippen LogP contribution in [0.1, 0.15) is 18.7 Å². The Morgan fingerprint density at radius 2 is 1.71 bits per heavy atom. The standard InChI is InChI=1S/C21H23FN4OS/c22-18-10-4-5-11-19(18)27-14-15-28-21-24-23-20(16-25-12-6-7-13-25)26(21)17-8-2-1-3-9-17/h1-5,8-11H,6-7,12-16H2. The number of ether oxygens (including phenoxy) is 1. The lowest BCUT2D eigenvalue weighted by Crippen LogP contribution is -2.21. The number of hydrogen-bond acceptors (Lipinski definition) is 5. The number of nitrogens with zero attached hydrogens (tertiary/aromatic N) is 4. The Morgan fingerprint density at radius 1 is 0.964 bits per heavy atom. The second-order valence-electron chi connectivity index (χ2n) is 6.68. The molecule has 0 saturated carbocycles.